The highest BCUT2D eigenvalue weighted by Gasteiger charge is 2.21. The van der Waals surface area contributed by atoms with Crippen molar-refractivity contribution in [2.45, 2.75) is 25.8 Å². The van der Waals surface area contributed by atoms with Crippen LogP contribution < -0.4 is 9.47 Å². The van der Waals surface area contributed by atoms with Gasteiger partial charge in [-0.1, -0.05) is 24.3 Å². The van der Waals surface area contributed by atoms with E-state index in [0.717, 1.165) is 28.2 Å². The molecule has 0 atom stereocenters. The summed E-state index contributed by atoms with van der Waals surface area (Å²) in [6.07, 6.45) is 1.46. The van der Waals surface area contributed by atoms with Crippen LogP contribution in [0.25, 0.3) is 0 Å². The van der Waals surface area contributed by atoms with Crippen molar-refractivity contribution in [3.63, 3.8) is 0 Å². The SMILES string of the molecule is COc1cccc(CC(=O)N2CCOc3ccc(CCC(=O)N4CCOCC4)cc3C2)c1. The third kappa shape index (κ3) is 5.59. The lowest BCUT2D eigenvalue weighted by Gasteiger charge is -2.26. The first-order valence-electron chi connectivity index (χ1n) is 11.1. The van der Waals surface area contributed by atoms with Crippen LogP contribution in [0.5, 0.6) is 11.5 Å². The van der Waals surface area contributed by atoms with Gasteiger partial charge >= 0.3 is 0 Å². The number of carbonyl (C=O) groups excluding carboxylic acids is 2. The van der Waals surface area contributed by atoms with Crippen LogP contribution in [-0.4, -0.2) is 68.2 Å². The number of morpholine rings is 1. The van der Waals surface area contributed by atoms with Gasteiger partial charge in [-0.15, -0.1) is 0 Å². The number of ether oxygens (including phenoxy) is 3. The smallest absolute Gasteiger partial charge is 0.227 e. The van der Waals surface area contributed by atoms with Gasteiger partial charge in [0.15, 0.2) is 0 Å². The van der Waals surface area contributed by atoms with E-state index in [-0.39, 0.29) is 11.8 Å². The summed E-state index contributed by atoms with van der Waals surface area (Å²) in [4.78, 5) is 29.1. The maximum absolute atomic E-state index is 13.0. The number of nitrogens with zero attached hydrogens (tertiary/aromatic N) is 2. The summed E-state index contributed by atoms with van der Waals surface area (Å²) >= 11 is 0. The van der Waals surface area contributed by atoms with E-state index in [1.807, 2.05) is 46.2 Å². The van der Waals surface area contributed by atoms with Crippen LogP contribution in [0.1, 0.15) is 23.1 Å². The van der Waals surface area contributed by atoms with Crippen LogP contribution in [0.2, 0.25) is 0 Å². The Morgan fingerprint density at radius 3 is 2.56 bits per heavy atom. The summed E-state index contributed by atoms with van der Waals surface area (Å²) in [5, 5.41) is 0. The van der Waals surface area contributed by atoms with Gasteiger partial charge in [0.1, 0.15) is 18.1 Å². The van der Waals surface area contributed by atoms with E-state index in [4.69, 9.17) is 14.2 Å². The molecule has 7 nitrogen and oxygen atoms in total. The molecule has 0 aliphatic carbocycles. The number of benzene rings is 2. The van der Waals surface area contributed by atoms with E-state index >= 15 is 0 Å². The average Bonchev–Trinajstić information content (AvgIpc) is 3.05. The van der Waals surface area contributed by atoms with Gasteiger partial charge in [-0.2, -0.15) is 0 Å². The summed E-state index contributed by atoms with van der Waals surface area (Å²) < 4.78 is 16.5. The molecule has 2 amide bonds. The van der Waals surface area contributed by atoms with Crippen LogP contribution in [-0.2, 0) is 33.7 Å². The first-order chi connectivity index (χ1) is 15.6. The molecule has 4 rings (SSSR count). The largest absolute Gasteiger partial charge is 0.497 e. The number of rotatable bonds is 6. The van der Waals surface area contributed by atoms with Crippen molar-refractivity contribution in [3.8, 4) is 11.5 Å². The molecule has 1 saturated heterocycles. The Morgan fingerprint density at radius 1 is 0.938 bits per heavy atom. The van der Waals surface area contributed by atoms with Gasteiger partial charge in [0, 0.05) is 31.6 Å². The van der Waals surface area contributed by atoms with Crippen molar-refractivity contribution in [2.75, 3.05) is 46.6 Å². The number of fused-ring (bicyclic) bond motifs is 1. The Hall–Kier alpha value is -3.06. The Labute approximate surface area is 188 Å². The molecule has 0 N–H and O–H groups in total. The van der Waals surface area contributed by atoms with Gasteiger partial charge < -0.3 is 24.0 Å². The number of methoxy groups -OCH3 is 1. The molecular weight excluding hydrogens is 408 g/mol. The standard InChI is InChI=1S/C25H30N2O5/c1-30-22-4-2-3-20(16-22)17-25(29)27-11-14-32-23-7-5-19(15-21(23)18-27)6-8-24(28)26-9-12-31-13-10-26/h2-5,7,15-16H,6,8-14,17-18H2,1H3. The van der Waals surface area contributed by atoms with E-state index in [1.54, 1.807) is 7.11 Å². The Morgan fingerprint density at radius 2 is 1.75 bits per heavy atom. The fourth-order valence-corrected chi connectivity index (χ4v) is 4.11. The minimum Gasteiger partial charge on any atom is -0.497 e. The monoisotopic (exact) mass is 438 g/mol. The number of hydrogen-bond donors (Lipinski definition) is 0. The van der Waals surface area contributed by atoms with Gasteiger partial charge in [0.2, 0.25) is 11.8 Å². The molecule has 2 aromatic rings. The molecule has 0 spiro atoms. The fourth-order valence-electron chi connectivity index (χ4n) is 4.11. The van der Waals surface area contributed by atoms with Gasteiger partial charge in [0.25, 0.3) is 0 Å². The highest BCUT2D eigenvalue weighted by atomic mass is 16.5. The zero-order valence-electron chi connectivity index (χ0n) is 18.5. The number of hydrogen-bond acceptors (Lipinski definition) is 5. The molecule has 0 unspecified atom stereocenters. The normalized spacial score (nSPS) is 16.0. The van der Waals surface area contributed by atoms with Gasteiger partial charge in [-0.25, -0.2) is 0 Å². The van der Waals surface area contributed by atoms with E-state index in [2.05, 4.69) is 6.07 Å². The molecule has 1 fully saturated rings. The van der Waals surface area contributed by atoms with Crippen molar-refractivity contribution in [3.05, 3.63) is 59.2 Å². The molecule has 2 heterocycles. The van der Waals surface area contributed by atoms with E-state index < -0.39 is 0 Å². The Bertz CT molecular complexity index is 955. The number of amides is 2. The molecule has 7 heteroatoms. The predicted molar refractivity (Wildman–Crippen MR) is 120 cm³/mol. The Kier molecular flexibility index (Phi) is 7.27. The lowest BCUT2D eigenvalue weighted by molar-refractivity contribution is -0.135. The molecule has 0 radical (unpaired) electrons. The topological polar surface area (TPSA) is 68.3 Å². The molecule has 170 valence electrons. The third-order valence-electron chi connectivity index (χ3n) is 5.94. The molecule has 2 aliphatic rings. The van der Waals surface area contributed by atoms with E-state index in [9.17, 15) is 9.59 Å². The predicted octanol–water partition coefficient (Wildman–Crippen LogP) is 2.45. The molecule has 2 aromatic carbocycles. The van der Waals surface area contributed by atoms with Crippen molar-refractivity contribution in [1.29, 1.82) is 0 Å². The minimum absolute atomic E-state index is 0.0580. The second-order valence-electron chi connectivity index (χ2n) is 8.13. The summed E-state index contributed by atoms with van der Waals surface area (Å²) in [6.45, 7) is 4.07. The van der Waals surface area contributed by atoms with Crippen molar-refractivity contribution in [1.82, 2.24) is 9.80 Å². The highest BCUT2D eigenvalue weighted by Crippen LogP contribution is 2.26. The van der Waals surface area contributed by atoms with Crippen molar-refractivity contribution < 1.29 is 23.8 Å². The van der Waals surface area contributed by atoms with Crippen LogP contribution in [0, 0.1) is 0 Å². The fraction of sp³-hybridized carbons (Fsp3) is 0.440. The molecule has 2 aliphatic heterocycles. The molecule has 0 saturated carbocycles. The average molecular weight is 439 g/mol. The molecule has 32 heavy (non-hydrogen) atoms. The lowest BCUT2D eigenvalue weighted by Crippen LogP contribution is -2.40. The third-order valence-corrected chi connectivity index (χ3v) is 5.94. The summed E-state index contributed by atoms with van der Waals surface area (Å²) in [5.74, 6) is 1.78. The quantitative estimate of drug-likeness (QED) is 0.693. The maximum atomic E-state index is 13.0. The second kappa shape index (κ2) is 10.5. The zero-order chi connectivity index (χ0) is 22.3. The first kappa shape index (κ1) is 22.1. The van der Waals surface area contributed by atoms with Crippen LogP contribution in [0.3, 0.4) is 0 Å². The summed E-state index contributed by atoms with van der Waals surface area (Å²) in [6, 6.07) is 13.6. The molecular formula is C25H30N2O5. The van der Waals surface area contributed by atoms with E-state index in [0.29, 0.717) is 65.3 Å². The van der Waals surface area contributed by atoms with Crippen LogP contribution >= 0.6 is 0 Å². The van der Waals surface area contributed by atoms with E-state index in [1.165, 1.54) is 0 Å². The van der Waals surface area contributed by atoms with Gasteiger partial charge in [-0.05, 0) is 35.7 Å². The van der Waals surface area contributed by atoms with Gasteiger partial charge in [0.05, 0.1) is 33.3 Å². The van der Waals surface area contributed by atoms with Crippen LogP contribution in [0.15, 0.2) is 42.5 Å². The van der Waals surface area contributed by atoms with Crippen LogP contribution in [0.4, 0.5) is 0 Å². The zero-order valence-corrected chi connectivity index (χ0v) is 18.5. The number of aryl methyl sites for hydroxylation is 1. The maximum Gasteiger partial charge on any atom is 0.227 e. The second-order valence-corrected chi connectivity index (χ2v) is 8.13. The van der Waals surface area contributed by atoms with Gasteiger partial charge in [-0.3, -0.25) is 9.59 Å². The first-order valence-corrected chi connectivity index (χ1v) is 11.1. The summed E-state index contributed by atoms with van der Waals surface area (Å²) in [5.41, 5.74) is 2.99. The number of carbonyl (C=O) groups is 2. The lowest BCUT2D eigenvalue weighted by atomic mass is 10.0. The van der Waals surface area contributed by atoms with Crippen molar-refractivity contribution in [2.24, 2.45) is 0 Å². The molecule has 0 bridgehead atoms. The minimum atomic E-state index is 0.0580. The molecule has 0 aromatic heterocycles. The Balaban J connectivity index is 1.38. The van der Waals surface area contributed by atoms with Crippen molar-refractivity contribution >= 4 is 11.8 Å². The summed E-state index contributed by atoms with van der Waals surface area (Å²) in [7, 11) is 1.62. The highest BCUT2D eigenvalue weighted by molar-refractivity contribution is 5.79.